The van der Waals surface area contributed by atoms with E-state index in [1.807, 2.05) is 5.32 Å². The summed E-state index contributed by atoms with van der Waals surface area (Å²) in [5.41, 5.74) is -2.85. The van der Waals surface area contributed by atoms with Crippen LogP contribution in [0.2, 0.25) is 0 Å². The van der Waals surface area contributed by atoms with E-state index in [0.717, 1.165) is 12.3 Å². The Morgan fingerprint density at radius 2 is 1.81 bits per heavy atom. The first-order valence-electron chi connectivity index (χ1n) is 10.2. The number of halogens is 6. The molecule has 2 amide bonds. The molecule has 3 heterocycles. The lowest BCUT2D eigenvalue weighted by atomic mass is 10.0. The normalized spacial score (nSPS) is 13.2. The van der Waals surface area contributed by atoms with Crippen LogP contribution in [0.4, 0.5) is 37.7 Å². The minimum Gasteiger partial charge on any atom is -0.322 e. The quantitative estimate of drug-likeness (QED) is 0.356. The fraction of sp³-hybridized carbons (Fsp3) is 0.130. The maximum Gasteiger partial charge on any atom is 0.434 e. The predicted octanol–water partition coefficient (Wildman–Crippen LogP) is 5.58. The van der Waals surface area contributed by atoms with E-state index < -0.39 is 46.8 Å². The third-order valence-electron chi connectivity index (χ3n) is 5.64. The summed E-state index contributed by atoms with van der Waals surface area (Å²) in [4.78, 5) is 28.2. The van der Waals surface area contributed by atoms with Crippen molar-refractivity contribution in [1.82, 2.24) is 14.8 Å². The number of hydrogen-bond acceptors (Lipinski definition) is 4. The van der Waals surface area contributed by atoms with Gasteiger partial charge in [-0.25, -0.2) is 4.68 Å². The second kappa shape index (κ2) is 7.80. The van der Waals surface area contributed by atoms with Gasteiger partial charge in [0.15, 0.2) is 5.69 Å². The number of pyridine rings is 1. The van der Waals surface area contributed by atoms with Gasteiger partial charge >= 0.3 is 12.4 Å². The van der Waals surface area contributed by atoms with E-state index in [2.05, 4.69) is 15.4 Å². The van der Waals surface area contributed by atoms with Crippen LogP contribution < -0.4 is 10.6 Å². The number of anilines is 2. The van der Waals surface area contributed by atoms with Crippen molar-refractivity contribution < 1.29 is 35.9 Å². The van der Waals surface area contributed by atoms with Crippen LogP contribution >= 0.6 is 0 Å². The highest BCUT2D eigenvalue weighted by Crippen LogP contribution is 2.41. The first-order chi connectivity index (χ1) is 16.9. The molecular formula is C23H13F6N5O2. The van der Waals surface area contributed by atoms with Gasteiger partial charge in [0.1, 0.15) is 5.69 Å². The van der Waals surface area contributed by atoms with Crippen LogP contribution in [0.25, 0.3) is 16.5 Å². The number of carbonyl (C=O) groups excluding carboxylic acids is 2. The van der Waals surface area contributed by atoms with Crippen LogP contribution in [-0.2, 0) is 12.4 Å². The molecule has 7 nitrogen and oxygen atoms in total. The van der Waals surface area contributed by atoms with Gasteiger partial charge in [0, 0.05) is 28.2 Å². The summed E-state index contributed by atoms with van der Waals surface area (Å²) in [6, 6.07) is 7.49. The molecule has 5 rings (SSSR count). The van der Waals surface area contributed by atoms with Gasteiger partial charge in [-0.2, -0.15) is 31.4 Å². The molecule has 1 aliphatic rings. The molecule has 0 radical (unpaired) electrons. The molecule has 0 saturated carbocycles. The van der Waals surface area contributed by atoms with Crippen molar-refractivity contribution in [3.8, 4) is 5.69 Å². The van der Waals surface area contributed by atoms with E-state index in [1.54, 1.807) is 6.92 Å². The van der Waals surface area contributed by atoms with Gasteiger partial charge < -0.3 is 10.6 Å². The summed E-state index contributed by atoms with van der Waals surface area (Å²) in [5.74, 6) is -1.71. The standard InChI is InChI=1S/C23H13F6N5O2/c1-10-7-15(12-3-2-4-13-17(12)18(10)33-20(13)35)34-19(23(27,28)29)14(9-31-34)21(36)32-11-5-6-30-16(8-11)22(24,25)26/h2-9H,1H3,(H,33,35)(H,30,32,36). The van der Waals surface area contributed by atoms with Gasteiger partial charge in [0.05, 0.1) is 23.1 Å². The summed E-state index contributed by atoms with van der Waals surface area (Å²) in [5, 5.41) is 9.24. The zero-order valence-corrected chi connectivity index (χ0v) is 18.0. The van der Waals surface area contributed by atoms with Gasteiger partial charge in [-0.3, -0.25) is 14.6 Å². The Bertz CT molecular complexity index is 1570. The Labute approximate surface area is 197 Å². The number of carbonyl (C=O) groups is 2. The maximum absolute atomic E-state index is 14.2. The average molecular weight is 505 g/mol. The van der Waals surface area contributed by atoms with E-state index in [1.165, 1.54) is 24.3 Å². The first-order valence-corrected chi connectivity index (χ1v) is 10.2. The predicted molar refractivity (Wildman–Crippen MR) is 116 cm³/mol. The molecule has 13 heteroatoms. The number of rotatable bonds is 3. The molecule has 36 heavy (non-hydrogen) atoms. The molecule has 0 fully saturated rings. The number of hydrogen-bond donors (Lipinski definition) is 2. The Kier molecular flexibility index (Phi) is 5.05. The zero-order chi connectivity index (χ0) is 26.0. The maximum atomic E-state index is 14.2. The van der Waals surface area contributed by atoms with Gasteiger partial charge in [-0.15, -0.1) is 0 Å². The Morgan fingerprint density at radius 3 is 2.50 bits per heavy atom. The van der Waals surface area contributed by atoms with Crippen molar-refractivity contribution in [3.63, 3.8) is 0 Å². The Hall–Kier alpha value is -4.42. The van der Waals surface area contributed by atoms with Crippen LogP contribution in [0, 0.1) is 6.92 Å². The molecule has 0 atom stereocenters. The number of nitrogens with zero attached hydrogens (tertiary/aromatic N) is 3. The number of alkyl halides is 6. The largest absolute Gasteiger partial charge is 0.434 e. The number of nitrogens with one attached hydrogen (secondary N) is 2. The number of aryl methyl sites for hydroxylation is 1. The lowest BCUT2D eigenvalue weighted by Gasteiger charge is -2.16. The van der Waals surface area contributed by atoms with E-state index in [4.69, 9.17) is 0 Å². The highest BCUT2D eigenvalue weighted by Gasteiger charge is 2.41. The number of aromatic nitrogens is 3. The third kappa shape index (κ3) is 3.72. The SMILES string of the molecule is Cc1cc(-n2ncc(C(=O)Nc3ccnc(C(F)(F)F)c3)c2C(F)(F)F)c2cccc3c2c1NC3=O. The highest BCUT2D eigenvalue weighted by atomic mass is 19.4. The zero-order valence-electron chi connectivity index (χ0n) is 18.0. The molecule has 4 aromatic rings. The molecular weight excluding hydrogens is 492 g/mol. The summed E-state index contributed by atoms with van der Waals surface area (Å²) < 4.78 is 82.0. The van der Waals surface area contributed by atoms with Crippen LogP contribution in [0.3, 0.4) is 0 Å². The van der Waals surface area contributed by atoms with Crippen LogP contribution in [0.5, 0.6) is 0 Å². The minimum absolute atomic E-state index is 0.0285. The first kappa shape index (κ1) is 23.3. The fourth-order valence-corrected chi connectivity index (χ4v) is 4.13. The lowest BCUT2D eigenvalue weighted by Crippen LogP contribution is -2.21. The van der Waals surface area contributed by atoms with Crippen molar-refractivity contribution in [2.75, 3.05) is 10.6 Å². The second-order valence-corrected chi connectivity index (χ2v) is 7.97. The molecule has 1 aliphatic heterocycles. The van der Waals surface area contributed by atoms with Crippen LogP contribution in [0.1, 0.15) is 37.7 Å². The minimum atomic E-state index is -5.07. The van der Waals surface area contributed by atoms with Crippen LogP contribution in [0.15, 0.2) is 48.8 Å². The fourth-order valence-electron chi connectivity index (χ4n) is 4.13. The molecule has 0 bridgehead atoms. The number of benzene rings is 2. The molecule has 0 saturated heterocycles. The van der Waals surface area contributed by atoms with E-state index >= 15 is 0 Å². The summed E-state index contributed by atoms with van der Waals surface area (Å²) in [6.07, 6.45) is -8.42. The van der Waals surface area contributed by atoms with Gasteiger partial charge in [-0.05, 0) is 36.8 Å². The molecule has 184 valence electrons. The molecule has 0 spiro atoms. The summed E-state index contributed by atoms with van der Waals surface area (Å²) in [6.45, 7) is 1.60. The summed E-state index contributed by atoms with van der Waals surface area (Å²) in [7, 11) is 0. The topological polar surface area (TPSA) is 88.9 Å². The molecule has 0 unspecified atom stereocenters. The van der Waals surface area contributed by atoms with Crippen molar-refractivity contribution >= 4 is 34.0 Å². The summed E-state index contributed by atoms with van der Waals surface area (Å²) >= 11 is 0. The smallest absolute Gasteiger partial charge is 0.322 e. The van der Waals surface area contributed by atoms with Gasteiger partial charge in [0.25, 0.3) is 11.8 Å². The van der Waals surface area contributed by atoms with Crippen molar-refractivity contribution in [2.24, 2.45) is 0 Å². The average Bonchev–Trinajstić information content (AvgIpc) is 3.39. The van der Waals surface area contributed by atoms with E-state index in [-0.39, 0.29) is 16.6 Å². The van der Waals surface area contributed by atoms with Crippen molar-refractivity contribution in [1.29, 1.82) is 0 Å². The Morgan fingerprint density at radius 1 is 1.06 bits per heavy atom. The van der Waals surface area contributed by atoms with E-state index in [0.29, 0.717) is 33.6 Å². The van der Waals surface area contributed by atoms with E-state index in [9.17, 15) is 35.9 Å². The van der Waals surface area contributed by atoms with Gasteiger partial charge in [0.2, 0.25) is 0 Å². The molecule has 2 aromatic carbocycles. The molecule has 2 aromatic heterocycles. The second-order valence-electron chi connectivity index (χ2n) is 7.97. The van der Waals surface area contributed by atoms with Crippen molar-refractivity contribution in [3.05, 3.63) is 76.9 Å². The number of amides is 2. The van der Waals surface area contributed by atoms with Gasteiger partial charge in [-0.1, -0.05) is 12.1 Å². The molecule has 0 aliphatic carbocycles. The Balaban J connectivity index is 1.64. The third-order valence-corrected chi connectivity index (χ3v) is 5.64. The molecule has 2 N–H and O–H groups in total. The highest BCUT2D eigenvalue weighted by molar-refractivity contribution is 6.25. The van der Waals surface area contributed by atoms with Crippen molar-refractivity contribution in [2.45, 2.75) is 19.3 Å². The monoisotopic (exact) mass is 505 g/mol. The lowest BCUT2D eigenvalue weighted by molar-refractivity contribution is -0.143. The van der Waals surface area contributed by atoms with Crippen LogP contribution in [-0.4, -0.2) is 26.6 Å².